The van der Waals surface area contributed by atoms with Gasteiger partial charge in [0.2, 0.25) is 5.56 Å². The topological polar surface area (TPSA) is 60.6 Å². The van der Waals surface area contributed by atoms with E-state index in [1.54, 1.807) is 17.8 Å². The van der Waals surface area contributed by atoms with Crippen LogP contribution in [0.2, 0.25) is 0 Å². The summed E-state index contributed by atoms with van der Waals surface area (Å²) in [5.74, 6) is 0. The third-order valence-corrected chi connectivity index (χ3v) is 9.85. The monoisotopic (exact) mass is 520 g/mol. The second-order valence-corrected chi connectivity index (χ2v) is 11.7. The van der Waals surface area contributed by atoms with E-state index < -0.39 is 0 Å². The minimum Gasteiger partial charge on any atom is -0.382 e. The largest absolute Gasteiger partial charge is 0.382 e. The van der Waals surface area contributed by atoms with Crippen LogP contribution >= 0.6 is 23.5 Å². The molecule has 0 radical (unpaired) electrons. The Morgan fingerprint density at radius 1 is 0.972 bits per heavy atom. The van der Waals surface area contributed by atoms with E-state index in [0.717, 1.165) is 36.6 Å². The number of pyridine rings is 1. The fourth-order valence-electron chi connectivity index (χ4n) is 5.21. The third kappa shape index (κ3) is 5.05. The number of ether oxygens (including phenoxy) is 1. The molecule has 2 saturated heterocycles. The van der Waals surface area contributed by atoms with Crippen molar-refractivity contribution in [3.05, 3.63) is 58.9 Å². The lowest BCUT2D eigenvalue weighted by molar-refractivity contribution is 0.122. The predicted octanol–water partition coefficient (Wildman–Crippen LogP) is 5.39. The number of nitrogens with one attached hydrogen (secondary N) is 2. The average molecular weight is 521 g/mol. The van der Waals surface area contributed by atoms with E-state index in [4.69, 9.17) is 4.74 Å². The minimum absolute atomic E-state index is 0.0686. The molecule has 36 heavy (non-hydrogen) atoms. The number of rotatable bonds is 5. The van der Waals surface area contributed by atoms with E-state index in [1.807, 2.05) is 11.8 Å². The van der Waals surface area contributed by atoms with Crippen molar-refractivity contribution in [2.75, 3.05) is 56.2 Å². The van der Waals surface area contributed by atoms with Crippen molar-refractivity contribution in [3.8, 4) is 11.3 Å². The van der Waals surface area contributed by atoms with Gasteiger partial charge in [-0.05, 0) is 49.7 Å². The van der Waals surface area contributed by atoms with E-state index in [2.05, 4.69) is 69.5 Å². The number of aromatic amines is 1. The number of nitrogens with zero attached hydrogens (tertiary/aromatic N) is 2. The van der Waals surface area contributed by atoms with Crippen molar-refractivity contribution < 1.29 is 4.74 Å². The van der Waals surface area contributed by atoms with Gasteiger partial charge in [-0.15, -0.1) is 0 Å². The van der Waals surface area contributed by atoms with E-state index in [1.165, 1.54) is 51.2 Å². The maximum atomic E-state index is 12.6. The van der Waals surface area contributed by atoms with Crippen LogP contribution in [-0.2, 0) is 4.74 Å². The maximum Gasteiger partial charge on any atom is 0.250 e. The first-order valence-electron chi connectivity index (χ1n) is 12.9. The van der Waals surface area contributed by atoms with Crippen molar-refractivity contribution in [1.29, 1.82) is 0 Å². The molecule has 3 aliphatic rings. The summed E-state index contributed by atoms with van der Waals surface area (Å²) < 4.78 is 5.49. The Bertz CT molecular complexity index is 1300. The Balaban J connectivity index is 1.24. The van der Waals surface area contributed by atoms with Gasteiger partial charge in [0.25, 0.3) is 0 Å². The zero-order valence-electron chi connectivity index (χ0n) is 20.6. The lowest BCUT2D eigenvalue weighted by Crippen LogP contribution is -2.38. The second kappa shape index (κ2) is 10.5. The van der Waals surface area contributed by atoms with Gasteiger partial charge < -0.3 is 24.8 Å². The molecular formula is C28H32N4O2S2. The Hall–Kier alpha value is -2.39. The molecule has 0 saturated carbocycles. The van der Waals surface area contributed by atoms with Crippen LogP contribution in [-0.4, -0.2) is 61.9 Å². The number of morpholine rings is 1. The lowest BCUT2D eigenvalue weighted by atomic mass is 10.0. The number of hydrogen-bond donors (Lipinski definition) is 2. The molecule has 0 amide bonds. The number of aromatic nitrogens is 1. The smallest absolute Gasteiger partial charge is 0.250 e. The van der Waals surface area contributed by atoms with Crippen LogP contribution in [0.3, 0.4) is 0 Å². The quantitative estimate of drug-likeness (QED) is 0.366. The first kappa shape index (κ1) is 24.0. The number of hydrogen-bond acceptors (Lipinski definition) is 7. The summed E-state index contributed by atoms with van der Waals surface area (Å²) in [6.45, 7) is 8.75. The molecule has 4 heterocycles. The van der Waals surface area contributed by atoms with Crippen molar-refractivity contribution in [2.45, 2.75) is 45.4 Å². The summed E-state index contributed by atoms with van der Waals surface area (Å²) in [5.41, 5.74) is 4.05. The van der Waals surface area contributed by atoms with Gasteiger partial charge in [0.05, 0.1) is 18.9 Å². The van der Waals surface area contributed by atoms with Gasteiger partial charge in [0.1, 0.15) is 0 Å². The van der Waals surface area contributed by atoms with Crippen LogP contribution in [0.1, 0.15) is 19.8 Å². The number of likely N-dealkylation sites (tertiary alicyclic amines) is 1. The normalized spacial score (nSPS) is 18.5. The molecule has 188 valence electrons. The molecule has 6 nitrogen and oxygen atoms in total. The average Bonchev–Trinajstić information content (AvgIpc) is 2.92. The van der Waals surface area contributed by atoms with Crippen molar-refractivity contribution in [1.82, 2.24) is 9.88 Å². The molecule has 3 aliphatic heterocycles. The van der Waals surface area contributed by atoms with Crippen molar-refractivity contribution >= 4 is 34.9 Å². The molecule has 0 aliphatic carbocycles. The number of anilines is 2. The molecule has 3 aromatic rings. The molecule has 0 unspecified atom stereocenters. The summed E-state index contributed by atoms with van der Waals surface area (Å²) >= 11 is 3.62. The number of benzene rings is 2. The highest BCUT2D eigenvalue weighted by Crippen LogP contribution is 2.52. The highest BCUT2D eigenvalue weighted by atomic mass is 32.2. The minimum atomic E-state index is -0.0686. The van der Waals surface area contributed by atoms with Crippen LogP contribution in [0.15, 0.2) is 72.9 Å². The van der Waals surface area contributed by atoms with Crippen LogP contribution in [0.5, 0.6) is 0 Å². The summed E-state index contributed by atoms with van der Waals surface area (Å²) in [4.78, 5) is 25.4. The zero-order valence-corrected chi connectivity index (χ0v) is 22.2. The molecule has 0 bridgehead atoms. The molecule has 2 N–H and O–H groups in total. The fourth-order valence-corrected chi connectivity index (χ4v) is 7.62. The Morgan fingerprint density at radius 2 is 1.81 bits per heavy atom. The predicted molar refractivity (Wildman–Crippen MR) is 149 cm³/mol. The van der Waals surface area contributed by atoms with E-state index in [0.29, 0.717) is 19.3 Å². The number of piperidine rings is 1. The third-order valence-electron chi connectivity index (χ3n) is 7.26. The van der Waals surface area contributed by atoms with Gasteiger partial charge in [-0.25, -0.2) is 0 Å². The van der Waals surface area contributed by atoms with Gasteiger partial charge in [-0.2, -0.15) is 0 Å². The van der Waals surface area contributed by atoms with Crippen molar-refractivity contribution in [3.63, 3.8) is 0 Å². The molecule has 6 rings (SSSR count). The van der Waals surface area contributed by atoms with Gasteiger partial charge in [0, 0.05) is 74.8 Å². The SMILES string of the molecule is CCN1CCC(Nc2ccc3c(c2)Sc2cccc(-c4cc(N5CCOCC5)cc(=O)[nH]4)c2S3)CC1. The molecule has 1 aromatic heterocycles. The van der Waals surface area contributed by atoms with Crippen LogP contribution in [0, 0.1) is 0 Å². The molecule has 0 atom stereocenters. The first-order valence-corrected chi connectivity index (χ1v) is 14.5. The van der Waals surface area contributed by atoms with Gasteiger partial charge in [0.15, 0.2) is 0 Å². The van der Waals surface area contributed by atoms with E-state index in [9.17, 15) is 4.79 Å². The van der Waals surface area contributed by atoms with E-state index in [-0.39, 0.29) is 5.56 Å². The van der Waals surface area contributed by atoms with Crippen LogP contribution in [0.4, 0.5) is 11.4 Å². The molecular weight excluding hydrogens is 488 g/mol. The molecule has 2 aromatic carbocycles. The number of H-pyrrole nitrogens is 1. The summed E-state index contributed by atoms with van der Waals surface area (Å²) in [5, 5.41) is 3.78. The molecule has 8 heteroatoms. The Labute approximate surface area is 220 Å². The highest BCUT2D eigenvalue weighted by molar-refractivity contribution is 8.05. The zero-order chi connectivity index (χ0) is 24.5. The Morgan fingerprint density at radius 3 is 2.61 bits per heavy atom. The Kier molecular flexibility index (Phi) is 7.02. The molecule has 2 fully saturated rings. The fraction of sp³-hybridized carbons (Fsp3) is 0.393. The van der Waals surface area contributed by atoms with E-state index >= 15 is 0 Å². The van der Waals surface area contributed by atoms with Crippen molar-refractivity contribution in [2.24, 2.45) is 0 Å². The molecule has 0 spiro atoms. The van der Waals surface area contributed by atoms with Gasteiger partial charge in [-0.1, -0.05) is 42.6 Å². The van der Waals surface area contributed by atoms with Gasteiger partial charge in [-0.3, -0.25) is 4.79 Å². The summed E-state index contributed by atoms with van der Waals surface area (Å²) in [6.07, 6.45) is 2.39. The second-order valence-electron chi connectivity index (χ2n) is 9.57. The maximum absolute atomic E-state index is 12.6. The van der Waals surface area contributed by atoms with Crippen LogP contribution < -0.4 is 15.8 Å². The summed E-state index contributed by atoms with van der Waals surface area (Å²) in [6, 6.07) is 17.5. The van der Waals surface area contributed by atoms with Crippen LogP contribution in [0.25, 0.3) is 11.3 Å². The number of fused-ring (bicyclic) bond motifs is 2. The summed E-state index contributed by atoms with van der Waals surface area (Å²) in [7, 11) is 0. The van der Waals surface area contributed by atoms with Gasteiger partial charge >= 0.3 is 0 Å². The standard InChI is InChI=1S/C28H32N4O2S2/c1-2-31-10-8-19(9-11-31)29-20-6-7-24-26(16-20)35-25-5-3-4-22(28(25)36-24)23-17-21(18-27(33)30-23)32-12-14-34-15-13-32/h3-7,16-19,29H,2,8-15H2,1H3,(H,30,33). The highest BCUT2D eigenvalue weighted by Gasteiger charge is 2.23. The lowest BCUT2D eigenvalue weighted by Gasteiger charge is -2.32. The first-order chi connectivity index (χ1) is 17.7.